The number of halogens is 9. The van der Waals surface area contributed by atoms with Crippen molar-refractivity contribution in [2.45, 2.75) is 23.4 Å². The molecule has 1 atom stereocenters. The topological polar surface area (TPSA) is 29.5 Å². The molecule has 0 N–H and O–H groups in total. The van der Waals surface area contributed by atoms with Gasteiger partial charge in [-0.05, 0) is 0 Å². The predicted molar refractivity (Wildman–Crippen MR) is 49.9 cm³/mol. The molecule has 2 aliphatic rings. The van der Waals surface area contributed by atoms with E-state index in [2.05, 4.69) is 4.74 Å². The summed E-state index contributed by atoms with van der Waals surface area (Å²) in [7, 11) is 0.513. The molecule has 1 aliphatic carbocycles. The van der Waals surface area contributed by atoms with Gasteiger partial charge in [0.1, 0.15) is 11.5 Å². The molecule has 1 heterocycles. The minimum absolute atomic E-state index is 0.382. The van der Waals surface area contributed by atoms with E-state index >= 15 is 0 Å². The minimum Gasteiger partial charge on any atom is -0.495 e. The maximum Gasteiger partial charge on any atom is 0.393 e. The number of carbonyl (C=O) groups is 1. The van der Waals surface area contributed by atoms with Crippen LogP contribution in [-0.4, -0.2) is 41.6 Å². The van der Waals surface area contributed by atoms with Crippen molar-refractivity contribution < 1.29 is 49.1 Å². The second-order valence-corrected chi connectivity index (χ2v) is 4.38. The third kappa shape index (κ3) is 1.42. The summed E-state index contributed by atoms with van der Waals surface area (Å²) in [5, 5.41) is -1.92. The van der Waals surface area contributed by atoms with Gasteiger partial charge in [0.15, 0.2) is 5.83 Å². The second kappa shape index (κ2) is 4.10. The van der Waals surface area contributed by atoms with E-state index in [1.807, 2.05) is 0 Å². The summed E-state index contributed by atoms with van der Waals surface area (Å²) in [6.45, 7) is 0. The normalized spacial score (nSPS) is 32.5. The average Bonchev–Trinajstić information content (AvgIpc) is 2.41. The number of ether oxygens (including phenoxy) is 1. The Kier molecular flexibility index (Phi) is 3.07. The lowest BCUT2D eigenvalue weighted by atomic mass is 9.76. The van der Waals surface area contributed by atoms with Crippen LogP contribution >= 0.6 is 0 Å². The van der Waals surface area contributed by atoms with Crippen molar-refractivity contribution >= 4 is 5.91 Å². The highest BCUT2D eigenvalue weighted by molar-refractivity contribution is 5.88. The van der Waals surface area contributed by atoms with Gasteiger partial charge in [0.05, 0.1) is 7.11 Å². The summed E-state index contributed by atoms with van der Waals surface area (Å²) >= 11 is 0. The highest BCUT2D eigenvalue weighted by Crippen LogP contribution is 2.63. The van der Waals surface area contributed by atoms with Crippen molar-refractivity contribution in [2.75, 3.05) is 7.11 Å². The van der Waals surface area contributed by atoms with Crippen LogP contribution in [0.15, 0.2) is 23.4 Å². The fourth-order valence-corrected chi connectivity index (χ4v) is 2.07. The van der Waals surface area contributed by atoms with E-state index < -0.39 is 51.7 Å². The fraction of sp³-hybridized carbons (Fsp3) is 0.500. The Morgan fingerprint density at radius 1 is 1.05 bits per heavy atom. The molecule has 1 amide bonds. The monoisotopic (exact) mass is 341 g/mol. The van der Waals surface area contributed by atoms with Crippen molar-refractivity contribution in [3.63, 3.8) is 0 Å². The van der Waals surface area contributed by atoms with Gasteiger partial charge in [-0.1, -0.05) is 4.48 Å². The maximum atomic E-state index is 14.3. The van der Waals surface area contributed by atoms with Crippen LogP contribution in [0.2, 0.25) is 0 Å². The summed E-state index contributed by atoms with van der Waals surface area (Å²) in [5.74, 6) is -26.3. The van der Waals surface area contributed by atoms with Crippen molar-refractivity contribution in [2.24, 2.45) is 0 Å². The Morgan fingerprint density at radius 3 is 2.00 bits per heavy atom. The highest BCUT2D eigenvalue weighted by atomic mass is 19.3. The van der Waals surface area contributed by atoms with Gasteiger partial charge < -0.3 is 4.74 Å². The first-order valence-electron chi connectivity index (χ1n) is 5.27. The van der Waals surface area contributed by atoms with E-state index in [1.165, 1.54) is 0 Å². The third-order valence-electron chi connectivity index (χ3n) is 3.24. The summed E-state index contributed by atoms with van der Waals surface area (Å²) < 4.78 is 126. The zero-order valence-electron chi connectivity index (χ0n) is 10.2. The number of piperidine rings is 1. The molecule has 1 saturated heterocycles. The summed E-state index contributed by atoms with van der Waals surface area (Å²) in [5.41, 5.74) is -8.42. The first kappa shape index (κ1) is 16.5. The first-order chi connectivity index (χ1) is 9.78. The molecule has 2 rings (SSSR count). The van der Waals surface area contributed by atoms with E-state index in [0.717, 1.165) is 0 Å². The molecular formula is C10H4F9NO2. The number of hydrogen-bond acceptors (Lipinski definition) is 2. The number of rotatable bonds is 1. The molecular weight excluding hydrogens is 337 g/mol. The van der Waals surface area contributed by atoms with E-state index in [4.69, 9.17) is 0 Å². The largest absolute Gasteiger partial charge is 0.495 e. The summed E-state index contributed by atoms with van der Waals surface area (Å²) in [6, 6.07) is 0. The van der Waals surface area contributed by atoms with Crippen LogP contribution in [0.3, 0.4) is 0 Å². The van der Waals surface area contributed by atoms with Gasteiger partial charge in [-0.2, -0.15) is 26.3 Å². The average molecular weight is 341 g/mol. The molecule has 0 spiro atoms. The minimum atomic E-state index is -6.45. The van der Waals surface area contributed by atoms with Gasteiger partial charge in [0.25, 0.3) is 5.67 Å². The zero-order valence-corrected chi connectivity index (χ0v) is 10.2. The van der Waals surface area contributed by atoms with E-state index in [1.54, 1.807) is 0 Å². The number of nitrogens with zero attached hydrogens (tertiary/aromatic N) is 1. The molecule has 12 heteroatoms. The quantitative estimate of drug-likeness (QED) is 0.542. The molecule has 0 aromatic carbocycles. The number of allylic oxidation sites excluding steroid dienone is 3. The highest BCUT2D eigenvalue weighted by Gasteiger charge is 2.89. The van der Waals surface area contributed by atoms with Gasteiger partial charge >= 0.3 is 23.7 Å². The van der Waals surface area contributed by atoms with Crippen molar-refractivity contribution in [3.8, 4) is 0 Å². The van der Waals surface area contributed by atoms with Gasteiger partial charge in [-0.3, -0.25) is 4.79 Å². The Morgan fingerprint density at radius 2 is 1.55 bits per heavy atom. The van der Waals surface area contributed by atoms with Crippen molar-refractivity contribution in [3.05, 3.63) is 23.4 Å². The molecule has 1 aliphatic heterocycles. The molecule has 0 radical (unpaired) electrons. The van der Waals surface area contributed by atoms with Crippen LogP contribution in [0.5, 0.6) is 0 Å². The number of carbonyl (C=O) groups excluding carboxylic acids is 1. The molecule has 0 aromatic heterocycles. The molecule has 22 heavy (non-hydrogen) atoms. The van der Waals surface area contributed by atoms with Gasteiger partial charge in [-0.25, -0.2) is 8.78 Å². The van der Waals surface area contributed by atoms with E-state index in [0.29, 0.717) is 7.11 Å². The van der Waals surface area contributed by atoms with Crippen LogP contribution in [-0.2, 0) is 9.53 Å². The van der Waals surface area contributed by atoms with Crippen LogP contribution in [0, 0.1) is 0 Å². The lowest BCUT2D eigenvalue weighted by Crippen LogP contribution is -2.75. The van der Waals surface area contributed by atoms with Crippen LogP contribution in [0.4, 0.5) is 39.6 Å². The molecule has 0 saturated carbocycles. The van der Waals surface area contributed by atoms with Crippen molar-refractivity contribution in [1.29, 1.82) is 0 Å². The van der Waals surface area contributed by atoms with Crippen LogP contribution in [0.25, 0.3) is 0 Å². The van der Waals surface area contributed by atoms with E-state index in [-0.39, 0.29) is 6.08 Å². The molecule has 3 nitrogen and oxygen atoms in total. The molecule has 1 fully saturated rings. The maximum absolute atomic E-state index is 14.3. The standard InChI is InChI=1S/C10H4F9NO2/c1-22-3-2-4(11)8(13,14)7(12)5(3)20(19)6(21)9(15,16)10(7,17)18/h2H,1H3. The molecule has 0 aromatic rings. The van der Waals surface area contributed by atoms with E-state index in [9.17, 15) is 44.4 Å². The van der Waals surface area contributed by atoms with Gasteiger partial charge in [-0.15, -0.1) is 5.12 Å². The first-order valence-corrected chi connectivity index (χ1v) is 5.27. The second-order valence-electron chi connectivity index (χ2n) is 4.38. The number of methoxy groups -OCH3 is 1. The summed E-state index contributed by atoms with van der Waals surface area (Å²) in [6.07, 6.45) is -0.382. The Bertz CT molecular complexity index is 612. The summed E-state index contributed by atoms with van der Waals surface area (Å²) in [4.78, 5) is 10.9. The lowest BCUT2D eigenvalue weighted by Gasteiger charge is -2.48. The fourth-order valence-electron chi connectivity index (χ4n) is 2.07. The van der Waals surface area contributed by atoms with Crippen LogP contribution in [0.1, 0.15) is 0 Å². The molecule has 124 valence electrons. The zero-order chi connectivity index (χ0) is 17.3. The van der Waals surface area contributed by atoms with Crippen molar-refractivity contribution in [1.82, 2.24) is 5.12 Å². The van der Waals surface area contributed by atoms with Gasteiger partial charge in [0, 0.05) is 6.08 Å². The Hall–Kier alpha value is -1.88. The lowest BCUT2D eigenvalue weighted by molar-refractivity contribution is -0.324. The Labute approximate surface area is 115 Å². The molecule has 0 bridgehead atoms. The number of fused-ring (bicyclic) bond motifs is 1. The number of alkyl halides is 7. The number of amides is 1. The smallest absolute Gasteiger partial charge is 0.393 e. The van der Waals surface area contributed by atoms with Crippen LogP contribution < -0.4 is 0 Å². The third-order valence-corrected chi connectivity index (χ3v) is 3.24. The Balaban J connectivity index is 2.93. The SMILES string of the molecule is COC1=C2N(F)C(=O)C(F)(F)C(F)(F)C2(F)C(F)(F)C(F)=C1. The number of hydrogen-bond donors (Lipinski definition) is 0. The predicted octanol–water partition coefficient (Wildman–Crippen LogP) is 3.05. The van der Waals surface area contributed by atoms with Gasteiger partial charge in [0.2, 0.25) is 0 Å². The molecule has 1 unspecified atom stereocenters.